The summed E-state index contributed by atoms with van der Waals surface area (Å²) in [6.07, 6.45) is 0. The van der Waals surface area contributed by atoms with Gasteiger partial charge in [0.2, 0.25) is 0 Å². The Kier molecular flexibility index (Phi) is 7.23. The molecule has 1 heterocycles. The third kappa shape index (κ3) is 5.85. The summed E-state index contributed by atoms with van der Waals surface area (Å²) in [5.74, 6) is -0.402. The van der Waals surface area contributed by atoms with Gasteiger partial charge < -0.3 is 15.4 Å². The molecule has 0 fully saturated rings. The number of anilines is 1. The molecule has 1 aromatic heterocycles. The first-order chi connectivity index (χ1) is 18.1. The van der Waals surface area contributed by atoms with Gasteiger partial charge in [-0.3, -0.25) is 9.59 Å². The van der Waals surface area contributed by atoms with Gasteiger partial charge in [0.1, 0.15) is 17.3 Å². The van der Waals surface area contributed by atoms with Crippen LogP contribution in [0.2, 0.25) is 0 Å². The normalized spacial score (nSPS) is 10.7. The highest BCUT2D eigenvalue weighted by Crippen LogP contribution is 2.38. The lowest BCUT2D eigenvalue weighted by Crippen LogP contribution is -2.22. The van der Waals surface area contributed by atoms with Crippen molar-refractivity contribution in [3.8, 4) is 5.75 Å². The Bertz CT molecular complexity index is 1550. The van der Waals surface area contributed by atoms with Crippen LogP contribution >= 0.6 is 11.3 Å². The van der Waals surface area contributed by atoms with Crippen LogP contribution in [0.1, 0.15) is 31.2 Å². The largest absolute Gasteiger partial charge is 0.487 e. The Morgan fingerprint density at radius 2 is 1.51 bits per heavy atom. The molecule has 5 aromatic rings. The van der Waals surface area contributed by atoms with E-state index in [9.17, 15) is 14.0 Å². The van der Waals surface area contributed by atoms with Gasteiger partial charge in [0.25, 0.3) is 11.8 Å². The average Bonchev–Trinajstić information content (AvgIpc) is 3.30. The molecule has 184 valence electrons. The Balaban J connectivity index is 1.28. The number of nitrogens with one attached hydrogen (secondary N) is 2. The van der Waals surface area contributed by atoms with Gasteiger partial charge in [-0.25, -0.2) is 4.39 Å². The molecule has 5 rings (SSSR count). The maximum atomic E-state index is 13.2. The second-order valence-corrected chi connectivity index (χ2v) is 9.43. The molecule has 0 atom stereocenters. The standard InChI is InChI=1S/C30H23FN2O3S/c31-23-15-13-22(14-16-23)29(34)33-24-10-6-9-21(17-24)18-32-30(35)28-27(25-11-4-5-12-26(25)37-28)36-19-20-7-2-1-3-8-20/h1-17H,18-19H2,(H,32,35)(H,33,34). The molecule has 2 amide bonds. The monoisotopic (exact) mass is 510 g/mol. The number of carbonyl (C=O) groups excluding carboxylic acids is 2. The summed E-state index contributed by atoms with van der Waals surface area (Å²) in [7, 11) is 0. The highest BCUT2D eigenvalue weighted by molar-refractivity contribution is 7.21. The number of rotatable bonds is 8. The molecule has 0 spiro atoms. The quantitative estimate of drug-likeness (QED) is 0.241. The van der Waals surface area contributed by atoms with Crippen molar-refractivity contribution in [1.82, 2.24) is 5.32 Å². The highest BCUT2D eigenvalue weighted by Gasteiger charge is 2.20. The zero-order valence-electron chi connectivity index (χ0n) is 19.7. The fourth-order valence-corrected chi connectivity index (χ4v) is 4.93. The molecule has 5 nitrogen and oxygen atoms in total. The first-order valence-corrected chi connectivity index (χ1v) is 12.5. The van der Waals surface area contributed by atoms with Gasteiger partial charge in [-0.2, -0.15) is 0 Å². The van der Waals surface area contributed by atoms with Gasteiger partial charge in [-0.15, -0.1) is 11.3 Å². The summed E-state index contributed by atoms with van der Waals surface area (Å²) >= 11 is 1.39. The molecule has 0 bridgehead atoms. The van der Waals surface area contributed by atoms with Gasteiger partial charge >= 0.3 is 0 Å². The van der Waals surface area contributed by atoms with Crippen molar-refractivity contribution in [3.63, 3.8) is 0 Å². The number of benzene rings is 4. The number of hydrogen-bond acceptors (Lipinski definition) is 4. The fourth-order valence-electron chi connectivity index (χ4n) is 3.87. The second-order valence-electron chi connectivity index (χ2n) is 8.37. The van der Waals surface area contributed by atoms with E-state index in [-0.39, 0.29) is 18.4 Å². The van der Waals surface area contributed by atoms with Crippen molar-refractivity contribution < 1.29 is 18.7 Å². The summed E-state index contributed by atoms with van der Waals surface area (Å²) in [4.78, 5) is 26.2. The van der Waals surface area contributed by atoms with Crippen molar-refractivity contribution in [3.05, 3.63) is 131 Å². The molecule has 0 saturated carbocycles. The number of hydrogen-bond donors (Lipinski definition) is 2. The van der Waals surface area contributed by atoms with Crippen molar-refractivity contribution >= 4 is 38.9 Å². The van der Waals surface area contributed by atoms with E-state index in [4.69, 9.17) is 4.74 Å². The van der Waals surface area contributed by atoms with Crippen LogP contribution in [0.4, 0.5) is 10.1 Å². The van der Waals surface area contributed by atoms with Gasteiger partial charge in [0.15, 0.2) is 5.75 Å². The molecular weight excluding hydrogens is 487 g/mol. The number of amides is 2. The van der Waals surface area contributed by atoms with E-state index in [1.54, 1.807) is 18.2 Å². The van der Waals surface area contributed by atoms with Crippen LogP contribution in [0.15, 0.2) is 103 Å². The maximum Gasteiger partial charge on any atom is 0.265 e. The summed E-state index contributed by atoms with van der Waals surface area (Å²) in [6.45, 7) is 0.628. The average molecular weight is 511 g/mol. The fraction of sp³-hybridized carbons (Fsp3) is 0.0667. The highest BCUT2D eigenvalue weighted by atomic mass is 32.1. The van der Waals surface area contributed by atoms with E-state index < -0.39 is 5.82 Å². The number of thiophene rings is 1. The minimum absolute atomic E-state index is 0.231. The summed E-state index contributed by atoms with van der Waals surface area (Å²) in [5, 5.41) is 6.68. The Morgan fingerprint density at radius 1 is 0.784 bits per heavy atom. The maximum absolute atomic E-state index is 13.2. The Morgan fingerprint density at radius 3 is 2.32 bits per heavy atom. The van der Waals surface area contributed by atoms with E-state index in [2.05, 4.69) is 10.6 Å². The van der Waals surface area contributed by atoms with E-state index >= 15 is 0 Å². The van der Waals surface area contributed by atoms with Crippen LogP contribution in [0, 0.1) is 5.82 Å². The van der Waals surface area contributed by atoms with Crippen molar-refractivity contribution in [2.24, 2.45) is 0 Å². The molecule has 2 N–H and O–H groups in total. The molecule has 0 radical (unpaired) electrons. The van der Waals surface area contributed by atoms with Crippen LogP contribution in [0.5, 0.6) is 5.75 Å². The molecule has 0 aliphatic rings. The third-order valence-electron chi connectivity index (χ3n) is 5.73. The van der Waals surface area contributed by atoms with Gasteiger partial charge in [-0.1, -0.05) is 54.6 Å². The van der Waals surface area contributed by atoms with E-state index in [1.165, 1.54) is 35.6 Å². The Hall–Kier alpha value is -4.49. The number of carbonyl (C=O) groups is 2. The number of ether oxygens (including phenoxy) is 1. The van der Waals surface area contributed by atoms with Crippen LogP contribution in [-0.4, -0.2) is 11.8 Å². The van der Waals surface area contributed by atoms with Crippen LogP contribution in [0.25, 0.3) is 10.1 Å². The minimum Gasteiger partial charge on any atom is -0.487 e. The van der Waals surface area contributed by atoms with Crippen LogP contribution in [-0.2, 0) is 13.2 Å². The summed E-state index contributed by atoms with van der Waals surface area (Å²) in [6, 6.07) is 30.2. The first-order valence-electron chi connectivity index (χ1n) is 11.7. The molecule has 0 saturated heterocycles. The topological polar surface area (TPSA) is 67.4 Å². The predicted molar refractivity (Wildman–Crippen MR) is 145 cm³/mol. The van der Waals surface area contributed by atoms with Crippen molar-refractivity contribution in [2.75, 3.05) is 5.32 Å². The molecule has 0 aliphatic heterocycles. The summed E-state index contributed by atoms with van der Waals surface area (Å²) in [5.41, 5.74) is 2.77. The zero-order valence-corrected chi connectivity index (χ0v) is 20.6. The predicted octanol–water partition coefficient (Wildman–Crippen LogP) is 6.80. The van der Waals surface area contributed by atoms with Gasteiger partial charge in [-0.05, 0) is 59.7 Å². The lowest BCUT2D eigenvalue weighted by atomic mass is 10.1. The number of halogens is 1. The second kappa shape index (κ2) is 11.1. The lowest BCUT2D eigenvalue weighted by Gasteiger charge is -2.10. The van der Waals surface area contributed by atoms with E-state index in [0.29, 0.717) is 28.5 Å². The third-order valence-corrected chi connectivity index (χ3v) is 6.88. The zero-order chi connectivity index (χ0) is 25.6. The molecule has 7 heteroatoms. The van der Waals surface area contributed by atoms with Gasteiger partial charge in [0, 0.05) is 27.9 Å². The van der Waals surface area contributed by atoms with E-state index in [1.807, 2.05) is 60.7 Å². The number of fused-ring (bicyclic) bond motifs is 1. The van der Waals surface area contributed by atoms with Crippen LogP contribution < -0.4 is 15.4 Å². The SMILES string of the molecule is O=C(Nc1cccc(CNC(=O)c2sc3ccccc3c2OCc2ccccc2)c1)c1ccc(F)cc1. The lowest BCUT2D eigenvalue weighted by molar-refractivity contribution is 0.0950. The summed E-state index contributed by atoms with van der Waals surface area (Å²) < 4.78 is 20.2. The minimum atomic E-state index is -0.401. The van der Waals surface area contributed by atoms with E-state index in [0.717, 1.165) is 21.2 Å². The van der Waals surface area contributed by atoms with Crippen molar-refractivity contribution in [2.45, 2.75) is 13.2 Å². The molecular formula is C30H23FN2O3S. The van der Waals surface area contributed by atoms with Crippen molar-refractivity contribution in [1.29, 1.82) is 0 Å². The van der Waals surface area contributed by atoms with Gasteiger partial charge in [0.05, 0.1) is 0 Å². The first kappa shape index (κ1) is 24.2. The molecule has 0 unspecified atom stereocenters. The smallest absolute Gasteiger partial charge is 0.265 e. The molecule has 37 heavy (non-hydrogen) atoms. The van der Waals surface area contributed by atoms with Crippen LogP contribution in [0.3, 0.4) is 0 Å². The molecule has 0 aliphatic carbocycles. The Labute approximate surface area is 217 Å². The molecule has 4 aromatic carbocycles.